The van der Waals surface area contributed by atoms with E-state index in [1.54, 1.807) is 35.3 Å². The van der Waals surface area contributed by atoms with E-state index in [1.807, 2.05) is 6.07 Å². The molecule has 0 unspecified atom stereocenters. The molecular weight excluding hydrogens is 1010 g/mol. The summed E-state index contributed by atoms with van der Waals surface area (Å²) < 4.78 is 85.1. The van der Waals surface area contributed by atoms with Gasteiger partial charge in [0.05, 0.1) is 141 Å². The summed E-state index contributed by atoms with van der Waals surface area (Å²) in [6.07, 6.45) is 2.85. The van der Waals surface area contributed by atoms with Gasteiger partial charge in [0.25, 0.3) is 0 Å². The maximum absolute atomic E-state index is 13.9. The highest BCUT2D eigenvalue weighted by molar-refractivity contribution is 5.93. The minimum absolute atomic E-state index is 0.0727. The predicted octanol–water partition coefficient (Wildman–Crippen LogP) is 3.71. The molecule has 2 aromatic heterocycles. The third-order valence-corrected chi connectivity index (χ3v) is 13.3. The molecule has 77 heavy (non-hydrogen) atoms. The topological polar surface area (TPSA) is 235 Å². The van der Waals surface area contributed by atoms with Gasteiger partial charge < -0.3 is 69.0 Å². The summed E-state index contributed by atoms with van der Waals surface area (Å²) in [6.45, 7) is 13.0. The number of nitrogens with zero attached hydrogens (tertiary/aromatic N) is 5. The summed E-state index contributed by atoms with van der Waals surface area (Å²) >= 11 is 0. The number of aromatic nitrogens is 3. The van der Waals surface area contributed by atoms with Crippen LogP contribution < -0.4 is 21.3 Å². The highest BCUT2D eigenvalue weighted by atomic mass is 19.4. The van der Waals surface area contributed by atoms with Crippen molar-refractivity contribution in [1.82, 2.24) is 40.7 Å². The fraction of sp³-hybridized carbons (Fsp3) is 0.679. The Morgan fingerprint density at radius 1 is 0.753 bits per heavy atom. The first-order chi connectivity index (χ1) is 37.1. The van der Waals surface area contributed by atoms with Crippen molar-refractivity contribution in [3.63, 3.8) is 0 Å². The van der Waals surface area contributed by atoms with Crippen LogP contribution in [0.25, 0.3) is 10.9 Å². The summed E-state index contributed by atoms with van der Waals surface area (Å²) in [4.78, 5) is 68.2. The largest absolute Gasteiger partial charge is 0.416 e. The van der Waals surface area contributed by atoms with E-state index in [2.05, 4.69) is 57.0 Å². The maximum atomic E-state index is 13.9. The smallest absolute Gasteiger partial charge is 0.379 e. The zero-order valence-corrected chi connectivity index (χ0v) is 44.8. The van der Waals surface area contributed by atoms with Crippen LogP contribution in [0.4, 0.5) is 19.0 Å². The first kappa shape index (κ1) is 61.0. The highest BCUT2D eigenvalue weighted by Crippen LogP contribution is 2.37. The van der Waals surface area contributed by atoms with Crippen LogP contribution in [0.1, 0.15) is 76.5 Å². The molecular formula is C53H78F3N9O12. The Balaban J connectivity index is 0.719. The molecule has 1 saturated carbocycles. The summed E-state index contributed by atoms with van der Waals surface area (Å²) in [7, 11) is 1.71. The molecule has 2 aliphatic heterocycles. The molecule has 0 radical (unpaired) electrons. The van der Waals surface area contributed by atoms with Crippen LogP contribution in [0, 0.1) is 5.92 Å². The fourth-order valence-corrected chi connectivity index (χ4v) is 9.68. The van der Waals surface area contributed by atoms with Crippen molar-refractivity contribution in [2.75, 3.05) is 131 Å². The summed E-state index contributed by atoms with van der Waals surface area (Å²) in [5.41, 5.74) is 0.181. The van der Waals surface area contributed by atoms with Crippen molar-refractivity contribution < 1.29 is 70.2 Å². The number of anilines is 1. The molecule has 0 bridgehead atoms. The number of alkyl halides is 3. The van der Waals surface area contributed by atoms with Gasteiger partial charge in [0.1, 0.15) is 18.2 Å². The zero-order chi connectivity index (χ0) is 55.0. The number of likely N-dealkylation sites (tertiary alicyclic amines) is 2. The molecule has 6 atom stereocenters. The summed E-state index contributed by atoms with van der Waals surface area (Å²) in [5, 5.41) is 13.0. The third kappa shape index (κ3) is 20.2. The zero-order valence-electron chi connectivity index (χ0n) is 44.8. The van der Waals surface area contributed by atoms with Crippen LogP contribution in [-0.4, -0.2) is 204 Å². The first-order valence-electron chi connectivity index (χ1n) is 26.6. The SMILES string of the molecule is CN1C(=O)C[C@H](C(=O)NCCOCCOCCOCCOCCOCCOCCOCCOCCC(=O)N[C@@H]2C[C@H](NC(C)(C)C)CC[C@@H]2N2CC[C@H](Nc3ncnc4ccc(C(F)(F)F)cc34)C2=O)[C@H]1c1cccnc1. The lowest BCUT2D eigenvalue weighted by Gasteiger charge is -2.43. The molecule has 21 nitrogen and oxygen atoms in total. The van der Waals surface area contributed by atoms with Gasteiger partial charge >= 0.3 is 6.18 Å². The van der Waals surface area contributed by atoms with Gasteiger partial charge in [-0.15, -0.1) is 0 Å². The van der Waals surface area contributed by atoms with Gasteiger partial charge in [-0.1, -0.05) is 6.07 Å². The van der Waals surface area contributed by atoms with Crippen molar-refractivity contribution >= 4 is 40.3 Å². The van der Waals surface area contributed by atoms with Crippen LogP contribution >= 0.6 is 0 Å². The number of hydrogen-bond donors (Lipinski definition) is 4. The van der Waals surface area contributed by atoms with E-state index in [0.29, 0.717) is 137 Å². The molecule has 1 aromatic carbocycles. The van der Waals surface area contributed by atoms with Crippen molar-refractivity contribution in [1.29, 1.82) is 0 Å². The number of pyridine rings is 1. The number of fused-ring (bicyclic) bond motifs is 1. The lowest BCUT2D eigenvalue weighted by atomic mass is 9.84. The van der Waals surface area contributed by atoms with E-state index >= 15 is 0 Å². The van der Waals surface area contributed by atoms with Gasteiger partial charge in [0.2, 0.25) is 23.6 Å². The van der Waals surface area contributed by atoms with Crippen LogP contribution in [0.3, 0.4) is 0 Å². The molecule has 0 spiro atoms. The van der Waals surface area contributed by atoms with Crippen molar-refractivity contribution in [3.8, 4) is 0 Å². The minimum atomic E-state index is -4.55. The van der Waals surface area contributed by atoms with Crippen LogP contribution in [0.2, 0.25) is 0 Å². The molecule has 4 amide bonds. The highest BCUT2D eigenvalue weighted by Gasteiger charge is 2.44. The third-order valence-electron chi connectivity index (χ3n) is 13.3. The standard InChI is InChI=1S/C53H78F3N9O12/c1-52(2,3)63-39-8-10-45(65-15-11-43(51(65)69)62-49-40-32-38(53(54,55)56)7-9-42(40)59-36-60-49)44(33-39)61-46(66)12-16-70-18-20-72-22-24-74-26-28-76-30-31-77-29-27-75-25-23-73-21-19-71-17-14-58-50(68)41-34-47(67)64(4)48(41)37-6-5-13-57-35-37/h5-7,9,13,32,35-36,39,41,43-45,48,63H,8,10-12,14-31,33-34H2,1-4H3,(H,58,68)(H,61,66)(H,59,60,62)/t39-,41+,43+,44-,45+,48-/m1/s1. The van der Waals surface area contributed by atoms with E-state index in [0.717, 1.165) is 24.1 Å². The first-order valence-corrected chi connectivity index (χ1v) is 26.6. The molecule has 3 fully saturated rings. The molecule has 428 valence electrons. The predicted molar refractivity (Wildman–Crippen MR) is 277 cm³/mol. The number of amides is 4. The second kappa shape index (κ2) is 31.4. The van der Waals surface area contributed by atoms with Gasteiger partial charge in [0.15, 0.2) is 0 Å². The number of benzene rings is 1. The molecule has 6 rings (SSSR count). The van der Waals surface area contributed by atoms with E-state index in [9.17, 15) is 32.3 Å². The number of carbonyl (C=O) groups is 4. The number of halogens is 3. The minimum Gasteiger partial charge on any atom is -0.379 e. The Labute approximate surface area is 448 Å². The quantitative estimate of drug-likeness (QED) is 0.0624. The van der Waals surface area contributed by atoms with Crippen molar-refractivity contribution in [2.24, 2.45) is 5.92 Å². The average molecular weight is 1090 g/mol. The van der Waals surface area contributed by atoms with Gasteiger partial charge in [-0.3, -0.25) is 24.2 Å². The Kier molecular flexibility index (Phi) is 24.9. The molecule has 4 heterocycles. The fourth-order valence-electron chi connectivity index (χ4n) is 9.68. The molecule has 3 aliphatic rings. The Morgan fingerprint density at radius 2 is 1.35 bits per heavy atom. The van der Waals surface area contributed by atoms with E-state index in [4.69, 9.17) is 37.9 Å². The molecule has 2 saturated heterocycles. The van der Waals surface area contributed by atoms with Crippen LogP contribution in [0.5, 0.6) is 0 Å². The number of carbonyl (C=O) groups excluding carboxylic acids is 4. The molecule has 3 aromatic rings. The van der Waals surface area contributed by atoms with Gasteiger partial charge in [-0.2, -0.15) is 13.2 Å². The molecule has 24 heteroatoms. The Hall–Kier alpha value is -5.18. The van der Waals surface area contributed by atoms with Gasteiger partial charge in [-0.05, 0) is 76.3 Å². The van der Waals surface area contributed by atoms with Gasteiger partial charge in [0, 0.05) is 62.3 Å². The Bertz CT molecular complexity index is 2280. The van der Waals surface area contributed by atoms with Crippen LogP contribution in [0.15, 0.2) is 49.1 Å². The lowest BCUT2D eigenvalue weighted by Crippen LogP contribution is -2.59. The number of nitrogens with one attached hydrogen (secondary N) is 4. The van der Waals surface area contributed by atoms with Crippen molar-refractivity contribution in [2.45, 2.75) is 101 Å². The molecule has 4 N–H and O–H groups in total. The van der Waals surface area contributed by atoms with Crippen LogP contribution in [-0.2, 0) is 63.2 Å². The second-order valence-electron chi connectivity index (χ2n) is 20.1. The maximum Gasteiger partial charge on any atom is 0.416 e. The number of rotatable bonds is 34. The number of ether oxygens (including phenoxy) is 8. The summed E-state index contributed by atoms with van der Waals surface area (Å²) in [5.74, 6) is -0.963. The number of hydrogen-bond acceptors (Lipinski definition) is 17. The van der Waals surface area contributed by atoms with Gasteiger partial charge in [-0.25, -0.2) is 9.97 Å². The second-order valence-corrected chi connectivity index (χ2v) is 20.1. The average Bonchev–Trinajstić information content (AvgIpc) is 3.92. The van der Waals surface area contributed by atoms with E-state index < -0.39 is 23.7 Å². The Morgan fingerprint density at radius 3 is 1.92 bits per heavy atom. The van der Waals surface area contributed by atoms with Crippen molar-refractivity contribution in [3.05, 3.63) is 60.2 Å². The van der Waals surface area contributed by atoms with E-state index in [-0.39, 0.29) is 84.0 Å². The lowest BCUT2D eigenvalue weighted by molar-refractivity contribution is -0.137. The summed E-state index contributed by atoms with van der Waals surface area (Å²) in [6, 6.07) is 5.42. The monoisotopic (exact) mass is 1090 g/mol. The normalized spacial score (nSPS) is 21.1. The van der Waals surface area contributed by atoms with E-state index in [1.165, 1.54) is 12.4 Å². The molecule has 1 aliphatic carbocycles.